The maximum Gasteiger partial charge on any atom is 0.251 e. The molecule has 1 fully saturated rings. The Morgan fingerprint density at radius 2 is 1.69 bits per heavy atom. The van der Waals surface area contributed by atoms with Gasteiger partial charge in [-0.15, -0.1) is 11.8 Å². The average molecular weight is 445 g/mol. The molecule has 2 unspecified atom stereocenters. The quantitative estimate of drug-likeness (QED) is 0.522. The van der Waals surface area contributed by atoms with Crippen molar-refractivity contribution in [3.63, 3.8) is 0 Å². The van der Waals surface area contributed by atoms with Gasteiger partial charge in [-0.1, -0.05) is 73.7 Å². The molecular formula is C27H28N2O2S. The van der Waals surface area contributed by atoms with Crippen molar-refractivity contribution in [2.45, 2.75) is 38.2 Å². The van der Waals surface area contributed by atoms with Crippen LogP contribution in [0.3, 0.4) is 0 Å². The summed E-state index contributed by atoms with van der Waals surface area (Å²) in [5, 5.41) is 3.05. The Hall–Kier alpha value is -3.05. The first-order valence-electron chi connectivity index (χ1n) is 11.0. The van der Waals surface area contributed by atoms with Crippen molar-refractivity contribution in [3.8, 4) is 0 Å². The highest BCUT2D eigenvalue weighted by Gasteiger charge is 2.32. The minimum absolute atomic E-state index is 0.0316. The number of benzene rings is 3. The summed E-state index contributed by atoms with van der Waals surface area (Å²) in [6.07, 6.45) is 1.00. The Kier molecular flexibility index (Phi) is 6.96. The monoisotopic (exact) mass is 444 g/mol. The molecule has 0 radical (unpaired) electrons. The summed E-state index contributed by atoms with van der Waals surface area (Å²) < 4.78 is 0. The van der Waals surface area contributed by atoms with Gasteiger partial charge < -0.3 is 10.2 Å². The number of nitrogens with zero attached hydrogens (tertiary/aromatic N) is 1. The third-order valence-electron chi connectivity index (χ3n) is 5.86. The zero-order chi connectivity index (χ0) is 22.5. The van der Waals surface area contributed by atoms with Crippen LogP contribution in [0.2, 0.25) is 0 Å². The second kappa shape index (κ2) is 10.0. The van der Waals surface area contributed by atoms with Crippen LogP contribution in [0, 0.1) is 0 Å². The van der Waals surface area contributed by atoms with E-state index in [1.165, 1.54) is 5.56 Å². The molecule has 0 spiro atoms. The van der Waals surface area contributed by atoms with E-state index in [4.69, 9.17) is 0 Å². The molecule has 1 saturated heterocycles. The third-order valence-corrected chi connectivity index (χ3v) is 7.11. The summed E-state index contributed by atoms with van der Waals surface area (Å²) in [4.78, 5) is 27.1. The zero-order valence-electron chi connectivity index (χ0n) is 18.5. The summed E-state index contributed by atoms with van der Waals surface area (Å²) in [6.45, 7) is 4.72. The lowest BCUT2D eigenvalue weighted by atomic mass is 10.0. The maximum atomic E-state index is 12.8. The van der Waals surface area contributed by atoms with E-state index in [2.05, 4.69) is 36.5 Å². The topological polar surface area (TPSA) is 49.4 Å². The van der Waals surface area contributed by atoms with Crippen molar-refractivity contribution in [2.24, 2.45) is 0 Å². The molecule has 0 bridgehead atoms. The lowest BCUT2D eigenvalue weighted by molar-refractivity contribution is -0.128. The molecule has 2 amide bonds. The van der Waals surface area contributed by atoms with Crippen LogP contribution in [0.4, 0.5) is 0 Å². The van der Waals surface area contributed by atoms with Crippen LogP contribution in [0.5, 0.6) is 0 Å². The van der Waals surface area contributed by atoms with Crippen molar-refractivity contribution in [1.82, 2.24) is 10.2 Å². The van der Waals surface area contributed by atoms with Crippen LogP contribution in [-0.2, 0) is 17.8 Å². The van der Waals surface area contributed by atoms with Crippen molar-refractivity contribution in [2.75, 3.05) is 5.75 Å². The number of amides is 2. The second-order valence-electron chi connectivity index (χ2n) is 8.08. The Bertz CT molecular complexity index is 1070. The molecule has 0 saturated carbocycles. The number of carbonyl (C=O) groups is 2. The van der Waals surface area contributed by atoms with E-state index in [0.717, 1.165) is 23.1 Å². The van der Waals surface area contributed by atoms with Gasteiger partial charge in [0.05, 0.1) is 11.8 Å². The fourth-order valence-corrected chi connectivity index (χ4v) is 5.07. The zero-order valence-corrected chi connectivity index (χ0v) is 19.3. The normalized spacial score (nSPS) is 16.8. The number of rotatable bonds is 7. The predicted molar refractivity (Wildman–Crippen MR) is 130 cm³/mol. The molecule has 0 aliphatic carbocycles. The Labute approximate surface area is 194 Å². The predicted octanol–water partition coefficient (Wildman–Crippen LogP) is 5.51. The summed E-state index contributed by atoms with van der Waals surface area (Å²) in [7, 11) is 0. The number of thioether (sulfide) groups is 1. The molecule has 1 aliphatic heterocycles. The summed E-state index contributed by atoms with van der Waals surface area (Å²) in [5.41, 5.74) is 5.15. The van der Waals surface area contributed by atoms with E-state index in [1.54, 1.807) is 11.8 Å². The van der Waals surface area contributed by atoms with E-state index in [1.807, 2.05) is 66.4 Å². The number of carbonyl (C=O) groups excluding carboxylic acids is 2. The first kappa shape index (κ1) is 22.2. The average Bonchev–Trinajstić information content (AvgIpc) is 3.19. The van der Waals surface area contributed by atoms with Gasteiger partial charge in [-0.2, -0.15) is 0 Å². The highest BCUT2D eigenvalue weighted by atomic mass is 32.2. The SMILES string of the molecule is CCc1ccc(C(C)NC(=O)c2ccc(C3SCC(=O)N3Cc3ccccc3)cc2)cc1. The van der Waals surface area contributed by atoms with Gasteiger partial charge in [0.25, 0.3) is 5.91 Å². The highest BCUT2D eigenvalue weighted by Crippen LogP contribution is 2.39. The summed E-state index contributed by atoms with van der Waals surface area (Å²) in [5.74, 6) is 0.530. The van der Waals surface area contributed by atoms with Crippen LogP contribution >= 0.6 is 11.8 Å². The van der Waals surface area contributed by atoms with Crippen molar-refractivity contribution in [3.05, 3.63) is 107 Å². The molecule has 3 aromatic rings. The minimum Gasteiger partial charge on any atom is -0.346 e. The largest absolute Gasteiger partial charge is 0.346 e. The smallest absolute Gasteiger partial charge is 0.251 e. The second-order valence-corrected chi connectivity index (χ2v) is 9.15. The first-order chi connectivity index (χ1) is 15.5. The third kappa shape index (κ3) is 5.05. The molecule has 164 valence electrons. The number of hydrogen-bond donors (Lipinski definition) is 1. The van der Waals surface area contributed by atoms with Gasteiger partial charge in [0, 0.05) is 12.1 Å². The lowest BCUT2D eigenvalue weighted by Gasteiger charge is -2.24. The van der Waals surface area contributed by atoms with Crippen LogP contribution in [-0.4, -0.2) is 22.5 Å². The van der Waals surface area contributed by atoms with Crippen LogP contribution in [0.25, 0.3) is 0 Å². The van der Waals surface area contributed by atoms with Crippen LogP contribution < -0.4 is 5.32 Å². The van der Waals surface area contributed by atoms with Crippen LogP contribution in [0.15, 0.2) is 78.9 Å². The van der Waals surface area contributed by atoms with Gasteiger partial charge >= 0.3 is 0 Å². The molecule has 3 aromatic carbocycles. The van der Waals surface area contributed by atoms with Crippen molar-refractivity contribution in [1.29, 1.82) is 0 Å². The molecule has 4 rings (SSSR count). The van der Waals surface area contributed by atoms with Crippen LogP contribution in [0.1, 0.15) is 57.9 Å². The molecule has 2 atom stereocenters. The molecule has 0 aromatic heterocycles. The summed E-state index contributed by atoms with van der Waals surface area (Å²) in [6, 6.07) is 25.9. The Morgan fingerprint density at radius 3 is 2.34 bits per heavy atom. The molecular weight excluding hydrogens is 416 g/mol. The fourth-order valence-electron chi connectivity index (χ4n) is 3.89. The highest BCUT2D eigenvalue weighted by molar-refractivity contribution is 8.00. The van der Waals surface area contributed by atoms with E-state index >= 15 is 0 Å². The van der Waals surface area contributed by atoms with E-state index in [9.17, 15) is 9.59 Å². The number of hydrogen-bond acceptors (Lipinski definition) is 3. The molecule has 5 heteroatoms. The van der Waals surface area contributed by atoms with Gasteiger partial charge in [0.1, 0.15) is 5.37 Å². The lowest BCUT2D eigenvalue weighted by Crippen LogP contribution is -2.28. The first-order valence-corrected chi connectivity index (χ1v) is 12.0. The standard InChI is InChI=1S/C27H28N2O2S/c1-3-20-9-11-22(12-10-20)19(2)28-26(31)23-13-15-24(16-14-23)27-29(25(30)18-32-27)17-21-7-5-4-6-8-21/h4-16,19,27H,3,17-18H2,1-2H3,(H,28,31). The molecule has 1 heterocycles. The van der Waals surface area contributed by atoms with Crippen molar-refractivity contribution >= 4 is 23.6 Å². The number of nitrogens with one attached hydrogen (secondary N) is 1. The van der Waals surface area contributed by atoms with Gasteiger partial charge in [-0.05, 0) is 47.7 Å². The molecule has 1 N–H and O–H groups in total. The summed E-state index contributed by atoms with van der Waals surface area (Å²) >= 11 is 1.63. The number of aryl methyl sites for hydroxylation is 1. The maximum absolute atomic E-state index is 12.8. The molecule has 1 aliphatic rings. The van der Waals surface area contributed by atoms with Gasteiger partial charge in [-0.25, -0.2) is 0 Å². The van der Waals surface area contributed by atoms with Gasteiger partial charge in [-0.3, -0.25) is 9.59 Å². The Balaban J connectivity index is 1.42. The van der Waals surface area contributed by atoms with E-state index < -0.39 is 0 Å². The molecule has 4 nitrogen and oxygen atoms in total. The van der Waals surface area contributed by atoms with E-state index in [-0.39, 0.29) is 23.2 Å². The van der Waals surface area contributed by atoms with Crippen molar-refractivity contribution < 1.29 is 9.59 Å². The fraction of sp³-hybridized carbons (Fsp3) is 0.259. The molecule has 32 heavy (non-hydrogen) atoms. The minimum atomic E-state index is -0.0973. The van der Waals surface area contributed by atoms with Gasteiger partial charge in [0.2, 0.25) is 5.91 Å². The Morgan fingerprint density at radius 1 is 1.00 bits per heavy atom. The van der Waals surface area contributed by atoms with E-state index in [0.29, 0.717) is 17.9 Å². The van der Waals surface area contributed by atoms with Gasteiger partial charge in [0.15, 0.2) is 0 Å².